The average molecular weight is 345 g/mol. The van der Waals surface area contributed by atoms with Gasteiger partial charge >= 0.3 is 6.09 Å². The van der Waals surface area contributed by atoms with E-state index in [9.17, 15) is 4.79 Å². The van der Waals surface area contributed by atoms with Gasteiger partial charge in [0.1, 0.15) is 5.75 Å². The monoisotopic (exact) mass is 345 g/mol. The number of amides is 1. The molecule has 1 aliphatic heterocycles. The standard InChI is InChI=1S/C18H23N3O2S/c1-14(2)17-19-15(13-24-17)12-20-8-10-21(11-9-20)18(22)23-16-6-4-3-5-7-16/h3-7,13-14H,8-12H2,1-2H3. The normalized spacial score (nSPS) is 15.7. The van der Waals surface area contributed by atoms with E-state index in [0.29, 0.717) is 24.8 Å². The number of benzene rings is 1. The van der Waals surface area contributed by atoms with Crippen LogP contribution >= 0.6 is 11.3 Å². The summed E-state index contributed by atoms with van der Waals surface area (Å²) in [6, 6.07) is 9.21. The van der Waals surface area contributed by atoms with Gasteiger partial charge < -0.3 is 9.64 Å². The fraction of sp³-hybridized carbons (Fsp3) is 0.444. The van der Waals surface area contributed by atoms with Crippen LogP contribution in [0.25, 0.3) is 0 Å². The second-order valence-corrected chi connectivity index (χ2v) is 7.17. The molecule has 2 heterocycles. The van der Waals surface area contributed by atoms with E-state index >= 15 is 0 Å². The molecule has 1 amide bonds. The molecule has 0 bridgehead atoms. The molecule has 0 aliphatic carbocycles. The van der Waals surface area contributed by atoms with Gasteiger partial charge in [0.05, 0.1) is 10.7 Å². The lowest BCUT2D eigenvalue weighted by Crippen LogP contribution is -2.49. The molecule has 0 saturated carbocycles. The van der Waals surface area contributed by atoms with Gasteiger partial charge in [0.15, 0.2) is 0 Å². The lowest BCUT2D eigenvalue weighted by Gasteiger charge is -2.33. The maximum absolute atomic E-state index is 12.2. The Kier molecular flexibility index (Phi) is 5.48. The molecule has 0 N–H and O–H groups in total. The molecule has 0 radical (unpaired) electrons. The van der Waals surface area contributed by atoms with Crippen LogP contribution in [0.4, 0.5) is 4.79 Å². The molecule has 24 heavy (non-hydrogen) atoms. The van der Waals surface area contributed by atoms with Crippen molar-refractivity contribution in [3.05, 3.63) is 46.4 Å². The second kappa shape index (κ2) is 7.77. The third kappa shape index (κ3) is 4.33. The van der Waals surface area contributed by atoms with Crippen molar-refractivity contribution in [1.29, 1.82) is 0 Å². The summed E-state index contributed by atoms with van der Waals surface area (Å²) in [6.45, 7) is 8.25. The van der Waals surface area contributed by atoms with Crippen LogP contribution in [0, 0.1) is 0 Å². The summed E-state index contributed by atoms with van der Waals surface area (Å²) in [7, 11) is 0. The van der Waals surface area contributed by atoms with E-state index in [1.54, 1.807) is 28.4 Å². The zero-order valence-corrected chi connectivity index (χ0v) is 15.0. The van der Waals surface area contributed by atoms with Crippen molar-refractivity contribution in [2.45, 2.75) is 26.3 Å². The highest BCUT2D eigenvalue weighted by molar-refractivity contribution is 7.09. The summed E-state index contributed by atoms with van der Waals surface area (Å²) in [6.07, 6.45) is -0.267. The van der Waals surface area contributed by atoms with Crippen LogP contribution in [0.1, 0.15) is 30.5 Å². The van der Waals surface area contributed by atoms with Crippen molar-refractivity contribution >= 4 is 17.4 Å². The minimum Gasteiger partial charge on any atom is -0.410 e. The summed E-state index contributed by atoms with van der Waals surface area (Å²) >= 11 is 1.73. The zero-order chi connectivity index (χ0) is 16.9. The first kappa shape index (κ1) is 16.9. The molecule has 3 rings (SSSR count). The molecule has 128 valence electrons. The van der Waals surface area contributed by atoms with Gasteiger partial charge in [0.25, 0.3) is 0 Å². The van der Waals surface area contributed by atoms with Gasteiger partial charge in [-0.2, -0.15) is 0 Å². The van der Waals surface area contributed by atoms with Crippen molar-refractivity contribution in [1.82, 2.24) is 14.8 Å². The van der Waals surface area contributed by atoms with Gasteiger partial charge in [-0.1, -0.05) is 32.0 Å². The smallest absolute Gasteiger partial charge is 0.410 e. The molecular formula is C18H23N3O2S. The van der Waals surface area contributed by atoms with Gasteiger partial charge in [-0.05, 0) is 12.1 Å². The van der Waals surface area contributed by atoms with E-state index in [4.69, 9.17) is 4.74 Å². The van der Waals surface area contributed by atoms with Crippen molar-refractivity contribution in [2.75, 3.05) is 26.2 Å². The Hall–Kier alpha value is -1.92. The Morgan fingerprint density at radius 1 is 1.21 bits per heavy atom. The highest BCUT2D eigenvalue weighted by Gasteiger charge is 2.23. The Balaban J connectivity index is 1.47. The number of para-hydroxylation sites is 1. The molecule has 1 aromatic heterocycles. The molecule has 2 aromatic rings. The van der Waals surface area contributed by atoms with Crippen molar-refractivity contribution < 1.29 is 9.53 Å². The number of nitrogens with zero attached hydrogens (tertiary/aromatic N) is 3. The number of carbonyl (C=O) groups is 1. The number of hydrogen-bond donors (Lipinski definition) is 0. The predicted octanol–water partition coefficient (Wildman–Crippen LogP) is 3.58. The molecule has 1 fully saturated rings. The maximum atomic E-state index is 12.2. The first-order valence-corrected chi connectivity index (χ1v) is 9.18. The molecule has 0 unspecified atom stereocenters. The van der Waals surface area contributed by atoms with Gasteiger partial charge in [-0.25, -0.2) is 9.78 Å². The number of piperazine rings is 1. The van der Waals surface area contributed by atoms with Crippen LogP contribution in [0.15, 0.2) is 35.7 Å². The number of carbonyl (C=O) groups excluding carboxylic acids is 1. The van der Waals surface area contributed by atoms with Crippen LogP contribution in [0.5, 0.6) is 5.75 Å². The van der Waals surface area contributed by atoms with Crippen LogP contribution in [0.3, 0.4) is 0 Å². The molecule has 1 aliphatic rings. The minimum atomic E-state index is -0.267. The molecule has 1 saturated heterocycles. The summed E-state index contributed by atoms with van der Waals surface area (Å²) < 4.78 is 5.39. The Morgan fingerprint density at radius 3 is 2.54 bits per heavy atom. The number of hydrogen-bond acceptors (Lipinski definition) is 5. The minimum absolute atomic E-state index is 0.267. The van der Waals surface area contributed by atoms with Gasteiger partial charge in [0, 0.05) is 44.0 Å². The fourth-order valence-corrected chi connectivity index (χ4v) is 3.46. The Labute approximate surface area is 146 Å². The SMILES string of the molecule is CC(C)c1nc(CN2CCN(C(=O)Oc3ccccc3)CC2)cs1. The van der Waals surface area contributed by atoms with E-state index in [-0.39, 0.29) is 6.09 Å². The Bertz CT molecular complexity index is 664. The third-order valence-electron chi connectivity index (χ3n) is 4.03. The summed E-state index contributed by atoms with van der Waals surface area (Å²) in [4.78, 5) is 21.0. The van der Waals surface area contributed by atoms with Crippen molar-refractivity contribution in [3.8, 4) is 5.75 Å². The molecule has 1 aromatic carbocycles. The number of ether oxygens (including phenoxy) is 1. The first-order chi connectivity index (χ1) is 11.6. The van der Waals surface area contributed by atoms with Crippen LogP contribution in [-0.2, 0) is 6.54 Å². The first-order valence-electron chi connectivity index (χ1n) is 8.30. The molecule has 0 spiro atoms. The highest BCUT2D eigenvalue weighted by atomic mass is 32.1. The summed E-state index contributed by atoms with van der Waals surface area (Å²) in [5, 5.41) is 3.33. The van der Waals surface area contributed by atoms with E-state index in [0.717, 1.165) is 25.3 Å². The molecule has 6 heteroatoms. The predicted molar refractivity (Wildman–Crippen MR) is 95.5 cm³/mol. The van der Waals surface area contributed by atoms with E-state index in [1.165, 1.54) is 5.01 Å². The van der Waals surface area contributed by atoms with Crippen LogP contribution in [-0.4, -0.2) is 47.1 Å². The van der Waals surface area contributed by atoms with Gasteiger partial charge in [-0.15, -0.1) is 11.3 Å². The van der Waals surface area contributed by atoms with E-state index in [1.807, 2.05) is 18.2 Å². The van der Waals surface area contributed by atoms with Crippen LogP contribution in [0.2, 0.25) is 0 Å². The topological polar surface area (TPSA) is 45.7 Å². The zero-order valence-electron chi connectivity index (χ0n) is 14.1. The average Bonchev–Trinajstić information content (AvgIpc) is 3.05. The third-order valence-corrected chi connectivity index (χ3v) is 5.22. The van der Waals surface area contributed by atoms with E-state index < -0.39 is 0 Å². The number of aromatic nitrogens is 1. The Morgan fingerprint density at radius 2 is 1.92 bits per heavy atom. The largest absolute Gasteiger partial charge is 0.415 e. The number of rotatable bonds is 4. The highest BCUT2D eigenvalue weighted by Crippen LogP contribution is 2.20. The number of thiazole rings is 1. The van der Waals surface area contributed by atoms with Crippen molar-refractivity contribution in [2.24, 2.45) is 0 Å². The van der Waals surface area contributed by atoms with Gasteiger partial charge in [-0.3, -0.25) is 4.90 Å². The quantitative estimate of drug-likeness (QED) is 0.850. The van der Waals surface area contributed by atoms with Crippen LogP contribution < -0.4 is 4.74 Å². The lowest BCUT2D eigenvalue weighted by molar-refractivity contribution is 0.107. The fourth-order valence-electron chi connectivity index (χ4n) is 2.63. The van der Waals surface area contributed by atoms with E-state index in [2.05, 4.69) is 29.1 Å². The summed E-state index contributed by atoms with van der Waals surface area (Å²) in [5.74, 6) is 1.07. The maximum Gasteiger partial charge on any atom is 0.415 e. The second-order valence-electron chi connectivity index (χ2n) is 6.28. The summed E-state index contributed by atoms with van der Waals surface area (Å²) in [5.41, 5.74) is 1.13. The van der Waals surface area contributed by atoms with Crippen molar-refractivity contribution in [3.63, 3.8) is 0 Å². The molecule has 5 nitrogen and oxygen atoms in total. The molecular weight excluding hydrogens is 322 g/mol. The molecule has 0 atom stereocenters. The van der Waals surface area contributed by atoms with Gasteiger partial charge in [0.2, 0.25) is 0 Å². The lowest BCUT2D eigenvalue weighted by atomic mass is 10.2.